The van der Waals surface area contributed by atoms with Gasteiger partial charge in [0.15, 0.2) is 5.13 Å². The first-order chi connectivity index (χ1) is 15.4. The third kappa shape index (κ3) is 4.44. The minimum atomic E-state index is -0.975. The zero-order valence-corrected chi connectivity index (χ0v) is 17.1. The van der Waals surface area contributed by atoms with Crippen LogP contribution in [0.4, 0.5) is 31.1 Å². The van der Waals surface area contributed by atoms with Crippen LogP contribution in [-0.4, -0.2) is 21.7 Å². The number of hydrogen-bond acceptors (Lipinski definition) is 7. The van der Waals surface area contributed by atoms with Gasteiger partial charge >= 0.3 is 0 Å². The number of carbonyl (C=O) groups is 2. The van der Waals surface area contributed by atoms with Crippen LogP contribution in [-0.2, 0) is 0 Å². The van der Waals surface area contributed by atoms with Crippen LogP contribution in [0.2, 0.25) is 0 Å². The molecule has 0 aliphatic rings. The number of nitrogen functional groups attached to an aromatic ring is 1. The van der Waals surface area contributed by atoms with Crippen LogP contribution in [0.25, 0.3) is 0 Å². The van der Waals surface area contributed by atoms with E-state index in [9.17, 15) is 18.4 Å². The number of rotatable bonds is 6. The molecule has 1 amide bonds. The maximum atomic E-state index is 13.9. The summed E-state index contributed by atoms with van der Waals surface area (Å²) in [7, 11) is 0. The highest BCUT2D eigenvalue weighted by atomic mass is 32.1. The lowest BCUT2D eigenvalue weighted by Crippen LogP contribution is -2.11. The number of carbonyl (C=O) groups excluding carboxylic acids is 2. The fraction of sp³-hybridized carbons (Fsp3) is 0. The van der Waals surface area contributed by atoms with E-state index in [1.165, 1.54) is 12.3 Å². The summed E-state index contributed by atoms with van der Waals surface area (Å²) in [6.07, 6.45) is 3.14. The summed E-state index contributed by atoms with van der Waals surface area (Å²) in [6.45, 7) is 0. The van der Waals surface area contributed by atoms with Crippen LogP contribution < -0.4 is 16.4 Å². The van der Waals surface area contributed by atoms with Crippen molar-refractivity contribution in [1.29, 1.82) is 0 Å². The van der Waals surface area contributed by atoms with Gasteiger partial charge in [-0.3, -0.25) is 14.6 Å². The van der Waals surface area contributed by atoms with Gasteiger partial charge in [0.05, 0.1) is 17.4 Å². The number of amides is 1. The number of nitrogens with one attached hydrogen (secondary N) is 2. The van der Waals surface area contributed by atoms with Gasteiger partial charge in [-0.1, -0.05) is 17.4 Å². The van der Waals surface area contributed by atoms with Crippen molar-refractivity contribution in [3.63, 3.8) is 0 Å². The fourth-order valence-electron chi connectivity index (χ4n) is 2.84. The predicted molar refractivity (Wildman–Crippen MR) is 118 cm³/mol. The number of ketones is 1. The largest absolute Gasteiger partial charge is 0.382 e. The number of nitrogens with two attached hydrogens (primary N) is 1. The van der Waals surface area contributed by atoms with Crippen molar-refractivity contribution in [1.82, 2.24) is 9.97 Å². The van der Waals surface area contributed by atoms with Gasteiger partial charge in [-0.15, -0.1) is 0 Å². The number of hydrogen-bond donors (Lipinski definition) is 3. The second-order valence-corrected chi connectivity index (χ2v) is 7.56. The third-order valence-corrected chi connectivity index (χ3v) is 5.35. The van der Waals surface area contributed by atoms with Crippen LogP contribution in [0.5, 0.6) is 0 Å². The van der Waals surface area contributed by atoms with Crippen molar-refractivity contribution in [2.75, 3.05) is 16.4 Å². The van der Waals surface area contributed by atoms with Crippen LogP contribution in [0.15, 0.2) is 67.0 Å². The van der Waals surface area contributed by atoms with Crippen LogP contribution in [0.3, 0.4) is 0 Å². The zero-order chi connectivity index (χ0) is 22.7. The number of nitrogens with zero attached hydrogens (tertiary/aromatic N) is 2. The summed E-state index contributed by atoms with van der Waals surface area (Å²) in [5, 5.41) is 5.95. The molecule has 7 nitrogen and oxygen atoms in total. The molecule has 32 heavy (non-hydrogen) atoms. The quantitative estimate of drug-likeness (QED) is 0.369. The van der Waals surface area contributed by atoms with Gasteiger partial charge in [0.1, 0.15) is 22.3 Å². The van der Waals surface area contributed by atoms with Gasteiger partial charge in [0.2, 0.25) is 5.78 Å². The summed E-state index contributed by atoms with van der Waals surface area (Å²) in [4.78, 5) is 32.8. The van der Waals surface area contributed by atoms with Crippen molar-refractivity contribution >= 4 is 45.4 Å². The Morgan fingerprint density at radius 2 is 1.66 bits per heavy atom. The first-order valence-electron chi connectivity index (χ1n) is 9.26. The van der Waals surface area contributed by atoms with Gasteiger partial charge < -0.3 is 16.4 Å². The van der Waals surface area contributed by atoms with Crippen molar-refractivity contribution in [3.8, 4) is 0 Å². The second kappa shape index (κ2) is 8.90. The van der Waals surface area contributed by atoms with E-state index >= 15 is 0 Å². The van der Waals surface area contributed by atoms with Gasteiger partial charge in [-0.25, -0.2) is 13.8 Å². The molecule has 2 aromatic heterocycles. The predicted octanol–water partition coefficient (Wildman–Crippen LogP) is 4.63. The highest BCUT2D eigenvalue weighted by Gasteiger charge is 2.24. The molecule has 0 atom stereocenters. The maximum absolute atomic E-state index is 13.9. The van der Waals surface area contributed by atoms with Crippen molar-refractivity contribution in [2.45, 2.75) is 0 Å². The zero-order valence-electron chi connectivity index (χ0n) is 16.3. The lowest BCUT2D eigenvalue weighted by Gasteiger charge is -2.06. The van der Waals surface area contributed by atoms with E-state index in [-0.39, 0.29) is 21.7 Å². The van der Waals surface area contributed by atoms with E-state index < -0.39 is 23.0 Å². The lowest BCUT2D eigenvalue weighted by molar-refractivity contribution is 0.102. The number of aromatic nitrogens is 2. The molecule has 0 fully saturated rings. The summed E-state index contributed by atoms with van der Waals surface area (Å²) in [5.74, 6) is -3.28. The average Bonchev–Trinajstić information content (AvgIpc) is 3.14. The molecule has 4 rings (SSSR count). The highest BCUT2D eigenvalue weighted by molar-refractivity contribution is 7.18. The minimum absolute atomic E-state index is 0.0797. The Balaban J connectivity index is 1.48. The molecule has 2 heterocycles. The lowest BCUT2D eigenvalue weighted by atomic mass is 10.1. The van der Waals surface area contributed by atoms with Crippen LogP contribution >= 0.6 is 11.3 Å². The Labute approximate surface area is 185 Å². The Kier molecular flexibility index (Phi) is 5.86. The van der Waals surface area contributed by atoms with Crippen LogP contribution in [0.1, 0.15) is 25.6 Å². The van der Waals surface area contributed by atoms with E-state index in [2.05, 4.69) is 20.6 Å². The summed E-state index contributed by atoms with van der Waals surface area (Å²) >= 11 is 0.871. The Bertz CT molecular complexity index is 1270. The molecule has 0 unspecified atom stereocenters. The van der Waals surface area contributed by atoms with E-state index in [0.29, 0.717) is 16.9 Å². The van der Waals surface area contributed by atoms with E-state index in [4.69, 9.17) is 5.73 Å². The molecule has 4 aromatic rings. The average molecular weight is 451 g/mol. The SMILES string of the molecule is Nc1nc(Nc2ccc(C(=O)Nc3cccnc3)cc2)sc1C(=O)c1c(F)cccc1F. The summed E-state index contributed by atoms with van der Waals surface area (Å²) in [6, 6.07) is 13.1. The Hall–Kier alpha value is -4.18. The van der Waals surface area contributed by atoms with Gasteiger partial charge in [0.25, 0.3) is 5.91 Å². The van der Waals surface area contributed by atoms with E-state index in [1.54, 1.807) is 42.6 Å². The number of anilines is 4. The molecule has 0 saturated carbocycles. The smallest absolute Gasteiger partial charge is 0.255 e. The first kappa shape index (κ1) is 21.1. The highest BCUT2D eigenvalue weighted by Crippen LogP contribution is 2.31. The number of thiazole rings is 1. The van der Waals surface area contributed by atoms with Crippen molar-refractivity contribution in [3.05, 3.63) is 94.6 Å². The Morgan fingerprint density at radius 3 is 2.31 bits per heavy atom. The molecule has 0 radical (unpaired) electrons. The molecule has 2 aromatic carbocycles. The summed E-state index contributed by atoms with van der Waals surface area (Å²) < 4.78 is 27.9. The molecular weight excluding hydrogens is 436 g/mol. The number of halogens is 2. The molecule has 160 valence electrons. The summed E-state index contributed by atoms with van der Waals surface area (Å²) in [5.41, 5.74) is 6.69. The molecule has 0 saturated heterocycles. The molecule has 0 aliphatic heterocycles. The fourth-order valence-corrected chi connectivity index (χ4v) is 3.70. The minimum Gasteiger partial charge on any atom is -0.382 e. The molecular formula is C22H15F2N5O2S. The number of pyridine rings is 1. The normalized spacial score (nSPS) is 10.6. The number of benzene rings is 2. The second-order valence-electron chi connectivity index (χ2n) is 6.56. The molecule has 10 heteroatoms. The topological polar surface area (TPSA) is 110 Å². The molecule has 0 aliphatic carbocycles. The molecule has 4 N–H and O–H groups in total. The van der Waals surface area contributed by atoms with E-state index in [1.807, 2.05) is 0 Å². The first-order valence-corrected chi connectivity index (χ1v) is 10.1. The van der Waals surface area contributed by atoms with Crippen LogP contribution in [0, 0.1) is 11.6 Å². The van der Waals surface area contributed by atoms with Crippen molar-refractivity contribution < 1.29 is 18.4 Å². The standard InChI is InChI=1S/C22H15F2N5O2S/c23-15-4-1-5-16(24)17(15)18(30)19-20(25)29-22(32-19)28-13-8-6-12(7-9-13)21(31)27-14-3-2-10-26-11-14/h1-11H,25H2,(H,27,31)(H,28,29). The molecule has 0 bridgehead atoms. The van der Waals surface area contributed by atoms with Gasteiger partial charge in [-0.2, -0.15) is 0 Å². The third-order valence-electron chi connectivity index (χ3n) is 4.37. The molecule has 0 spiro atoms. The monoisotopic (exact) mass is 451 g/mol. The van der Waals surface area contributed by atoms with Gasteiger partial charge in [0, 0.05) is 17.4 Å². The van der Waals surface area contributed by atoms with Crippen molar-refractivity contribution in [2.24, 2.45) is 0 Å². The Morgan fingerprint density at radius 1 is 0.938 bits per heavy atom. The van der Waals surface area contributed by atoms with E-state index in [0.717, 1.165) is 23.5 Å². The maximum Gasteiger partial charge on any atom is 0.255 e. The van der Waals surface area contributed by atoms with Gasteiger partial charge in [-0.05, 0) is 48.5 Å².